The fourth-order valence-corrected chi connectivity index (χ4v) is 6.67. The summed E-state index contributed by atoms with van der Waals surface area (Å²) in [6.45, 7) is 4.01. The quantitative estimate of drug-likeness (QED) is 0.472. The van der Waals surface area contributed by atoms with Crippen molar-refractivity contribution in [3.8, 4) is 17.2 Å². The Morgan fingerprint density at radius 1 is 1.00 bits per heavy atom. The van der Waals surface area contributed by atoms with Gasteiger partial charge in [-0.1, -0.05) is 6.42 Å². The Balaban J connectivity index is 1.64. The van der Waals surface area contributed by atoms with E-state index in [0.29, 0.717) is 48.9 Å². The molecule has 0 bridgehead atoms. The smallest absolute Gasteiger partial charge is 0.228 e. The van der Waals surface area contributed by atoms with Crippen LogP contribution < -0.4 is 14.2 Å². The third-order valence-corrected chi connectivity index (χ3v) is 8.52. The van der Waals surface area contributed by atoms with Crippen LogP contribution in [0.25, 0.3) is 0 Å². The maximum absolute atomic E-state index is 14.2. The summed E-state index contributed by atoms with van der Waals surface area (Å²) in [6.07, 6.45) is 6.19. The van der Waals surface area contributed by atoms with Gasteiger partial charge in [0, 0.05) is 45.3 Å². The van der Waals surface area contributed by atoms with Gasteiger partial charge in [-0.25, -0.2) is 0 Å². The van der Waals surface area contributed by atoms with E-state index in [0.717, 1.165) is 25.1 Å². The van der Waals surface area contributed by atoms with Crippen LogP contribution in [0.1, 0.15) is 50.1 Å². The van der Waals surface area contributed by atoms with E-state index < -0.39 is 12.0 Å². The number of methoxy groups -OCH3 is 4. The molecule has 3 aliphatic heterocycles. The molecule has 4 rings (SSSR count). The molecule has 3 aliphatic rings. The van der Waals surface area contributed by atoms with Crippen molar-refractivity contribution in [2.45, 2.75) is 50.6 Å². The van der Waals surface area contributed by atoms with Crippen LogP contribution in [0.4, 0.5) is 0 Å². The van der Waals surface area contributed by atoms with E-state index in [1.54, 1.807) is 46.5 Å². The molecule has 1 aromatic rings. The van der Waals surface area contributed by atoms with Gasteiger partial charge in [0.25, 0.3) is 0 Å². The number of nitrogens with zero attached hydrogens (tertiary/aromatic N) is 3. The lowest BCUT2D eigenvalue weighted by atomic mass is 9.83. The van der Waals surface area contributed by atoms with Gasteiger partial charge in [0.05, 0.1) is 39.9 Å². The molecule has 1 aromatic carbocycles. The molecule has 0 radical (unpaired) electrons. The van der Waals surface area contributed by atoms with Crippen molar-refractivity contribution in [2.75, 3.05) is 68.3 Å². The van der Waals surface area contributed by atoms with Crippen molar-refractivity contribution in [1.82, 2.24) is 14.7 Å². The maximum atomic E-state index is 14.2. The Kier molecular flexibility index (Phi) is 9.18. The van der Waals surface area contributed by atoms with E-state index in [1.807, 2.05) is 11.0 Å². The molecule has 0 N–H and O–H groups in total. The lowest BCUT2D eigenvalue weighted by Crippen LogP contribution is -2.52. The van der Waals surface area contributed by atoms with Crippen LogP contribution in [-0.4, -0.2) is 101 Å². The first kappa shape index (κ1) is 27.5. The van der Waals surface area contributed by atoms with Crippen molar-refractivity contribution in [3.05, 3.63) is 17.7 Å². The van der Waals surface area contributed by atoms with Gasteiger partial charge in [-0.3, -0.25) is 9.59 Å². The largest absolute Gasteiger partial charge is 0.493 e. The zero-order valence-corrected chi connectivity index (χ0v) is 23.0. The van der Waals surface area contributed by atoms with Crippen LogP contribution >= 0.6 is 0 Å². The number of likely N-dealkylation sites (tertiary alicyclic amines) is 1. The highest BCUT2D eigenvalue weighted by Gasteiger charge is 2.46. The van der Waals surface area contributed by atoms with Crippen LogP contribution in [0.5, 0.6) is 17.2 Å². The molecule has 4 atom stereocenters. The Morgan fingerprint density at radius 3 is 2.46 bits per heavy atom. The molecule has 0 unspecified atom stereocenters. The second-order valence-electron chi connectivity index (χ2n) is 10.5. The molecule has 3 fully saturated rings. The highest BCUT2D eigenvalue weighted by atomic mass is 16.5. The van der Waals surface area contributed by atoms with Crippen molar-refractivity contribution in [3.63, 3.8) is 0 Å². The average molecular weight is 518 g/mol. The van der Waals surface area contributed by atoms with E-state index in [4.69, 9.17) is 18.9 Å². The van der Waals surface area contributed by atoms with Gasteiger partial charge >= 0.3 is 0 Å². The van der Waals surface area contributed by atoms with Gasteiger partial charge < -0.3 is 33.6 Å². The van der Waals surface area contributed by atoms with Crippen LogP contribution in [0, 0.1) is 11.8 Å². The predicted molar refractivity (Wildman–Crippen MR) is 140 cm³/mol. The molecule has 0 spiro atoms. The number of carbonyl (C=O) groups is 2. The minimum atomic E-state index is -0.521. The minimum absolute atomic E-state index is 0.00419. The zero-order chi connectivity index (χ0) is 26.5. The fraction of sp³-hybridized carbons (Fsp3) is 0.714. The number of rotatable bonds is 10. The normalized spacial score (nSPS) is 26.1. The summed E-state index contributed by atoms with van der Waals surface area (Å²) in [7, 11) is 8.12. The van der Waals surface area contributed by atoms with E-state index in [9.17, 15) is 9.59 Å². The standard InChI is InChI=1S/C28H43N3O6/c1-29-24(32)17-21(25(29)20-11-12-23(35-3)27(37-5)26(20)36-4)28(33)31(15-16-34-2)18-19-9-8-14-30-13-7-6-10-22(19)30/h11-12,19,21-22,25H,6-10,13-18H2,1-5H3/t19-,21-,22+,25+/m0/s1. The molecular formula is C28H43N3O6. The SMILES string of the molecule is COCCN(C[C@@H]1CCCN2CCCC[C@H]12)C(=O)[C@H]1CC(=O)N(C)[C@@H]1c1ccc(OC)c(OC)c1OC. The molecule has 2 amide bonds. The summed E-state index contributed by atoms with van der Waals surface area (Å²) in [6, 6.07) is 3.75. The summed E-state index contributed by atoms with van der Waals surface area (Å²) < 4.78 is 22.2. The van der Waals surface area contributed by atoms with Crippen LogP contribution in [0.3, 0.4) is 0 Å². The van der Waals surface area contributed by atoms with E-state index in [2.05, 4.69) is 4.90 Å². The molecule has 0 aromatic heterocycles. The lowest BCUT2D eigenvalue weighted by Gasteiger charge is -2.46. The van der Waals surface area contributed by atoms with Gasteiger partial charge in [-0.15, -0.1) is 0 Å². The number of hydrogen-bond acceptors (Lipinski definition) is 7. The summed E-state index contributed by atoms with van der Waals surface area (Å²) in [5.41, 5.74) is 0.745. The van der Waals surface area contributed by atoms with Gasteiger partial charge in [0.2, 0.25) is 17.6 Å². The van der Waals surface area contributed by atoms with Crippen LogP contribution in [0.2, 0.25) is 0 Å². The number of benzene rings is 1. The van der Waals surface area contributed by atoms with Crippen LogP contribution in [-0.2, 0) is 14.3 Å². The number of hydrogen-bond donors (Lipinski definition) is 0. The molecule has 3 heterocycles. The minimum Gasteiger partial charge on any atom is -0.493 e. The van der Waals surface area contributed by atoms with E-state index in [-0.39, 0.29) is 18.2 Å². The monoisotopic (exact) mass is 517 g/mol. The molecule has 3 saturated heterocycles. The Bertz CT molecular complexity index is 954. The first-order valence-corrected chi connectivity index (χ1v) is 13.5. The molecule has 0 aliphatic carbocycles. The molecule has 9 heteroatoms. The van der Waals surface area contributed by atoms with Crippen molar-refractivity contribution in [1.29, 1.82) is 0 Å². The second-order valence-corrected chi connectivity index (χ2v) is 10.5. The highest BCUT2D eigenvalue weighted by molar-refractivity contribution is 5.90. The number of fused-ring (bicyclic) bond motifs is 1. The predicted octanol–water partition coefficient (Wildman–Crippen LogP) is 2.97. The average Bonchev–Trinajstić information content (AvgIpc) is 3.23. The number of piperidine rings is 2. The summed E-state index contributed by atoms with van der Waals surface area (Å²) >= 11 is 0. The second kappa shape index (κ2) is 12.3. The van der Waals surface area contributed by atoms with Gasteiger partial charge in [0.1, 0.15) is 0 Å². The summed E-state index contributed by atoms with van der Waals surface area (Å²) in [5, 5.41) is 0. The Morgan fingerprint density at radius 2 is 1.76 bits per heavy atom. The summed E-state index contributed by atoms with van der Waals surface area (Å²) in [4.78, 5) is 33.5. The molecule has 206 valence electrons. The first-order chi connectivity index (χ1) is 17.9. The van der Waals surface area contributed by atoms with Crippen LogP contribution in [0.15, 0.2) is 12.1 Å². The highest BCUT2D eigenvalue weighted by Crippen LogP contribution is 2.48. The molecular weight excluding hydrogens is 474 g/mol. The van der Waals surface area contributed by atoms with Crippen molar-refractivity contribution in [2.24, 2.45) is 11.8 Å². The third-order valence-electron chi connectivity index (χ3n) is 8.52. The molecule has 0 saturated carbocycles. The van der Waals surface area contributed by atoms with Gasteiger partial charge in [0.15, 0.2) is 11.5 Å². The zero-order valence-electron chi connectivity index (χ0n) is 23.0. The fourth-order valence-electron chi connectivity index (χ4n) is 6.67. The Hall–Kier alpha value is -2.52. The molecule has 9 nitrogen and oxygen atoms in total. The van der Waals surface area contributed by atoms with Crippen molar-refractivity contribution < 1.29 is 28.5 Å². The summed E-state index contributed by atoms with van der Waals surface area (Å²) in [5.74, 6) is 1.35. The van der Waals surface area contributed by atoms with Crippen molar-refractivity contribution >= 4 is 11.8 Å². The number of carbonyl (C=O) groups excluding carboxylic acids is 2. The van der Waals surface area contributed by atoms with Gasteiger partial charge in [-0.2, -0.15) is 0 Å². The third kappa shape index (κ3) is 5.53. The maximum Gasteiger partial charge on any atom is 0.228 e. The van der Waals surface area contributed by atoms with Gasteiger partial charge in [-0.05, 0) is 56.8 Å². The topological polar surface area (TPSA) is 80.8 Å². The Labute approximate surface area is 220 Å². The van der Waals surface area contributed by atoms with E-state index in [1.165, 1.54) is 25.7 Å². The van der Waals surface area contributed by atoms with E-state index >= 15 is 0 Å². The lowest BCUT2D eigenvalue weighted by molar-refractivity contribution is -0.138. The number of ether oxygens (including phenoxy) is 4. The number of amides is 2. The molecule has 37 heavy (non-hydrogen) atoms. The first-order valence-electron chi connectivity index (χ1n) is 13.5.